The van der Waals surface area contributed by atoms with Crippen molar-refractivity contribution < 1.29 is 5.11 Å². The molecule has 0 aliphatic heterocycles. The number of para-hydroxylation sites is 1. The number of hydrogen-bond donors (Lipinski definition) is 2. The van der Waals surface area contributed by atoms with Gasteiger partial charge in [-0.1, -0.05) is 44.9 Å². The van der Waals surface area contributed by atoms with Crippen molar-refractivity contribution in [1.82, 2.24) is 15.1 Å². The van der Waals surface area contributed by atoms with Crippen molar-refractivity contribution in [1.29, 1.82) is 0 Å². The fourth-order valence-corrected chi connectivity index (χ4v) is 2.74. The molecule has 1 heterocycles. The van der Waals surface area contributed by atoms with Gasteiger partial charge < -0.3 is 10.4 Å². The molecule has 1 aromatic heterocycles. The summed E-state index contributed by atoms with van der Waals surface area (Å²) >= 11 is 0. The quantitative estimate of drug-likeness (QED) is 0.788. The molecule has 2 aromatic rings. The maximum Gasteiger partial charge on any atom is 0.0692 e. The summed E-state index contributed by atoms with van der Waals surface area (Å²) in [5.74, 6) is 0.376. The molecule has 1 atom stereocenters. The minimum atomic E-state index is -0.278. The Morgan fingerprint density at radius 3 is 2.50 bits per heavy atom. The summed E-state index contributed by atoms with van der Waals surface area (Å²) in [6, 6.07) is 10.1. The van der Waals surface area contributed by atoms with Crippen LogP contribution >= 0.6 is 0 Å². The molecular formula is C18H27N3O. The lowest BCUT2D eigenvalue weighted by Gasteiger charge is -2.20. The highest BCUT2D eigenvalue weighted by atomic mass is 16.3. The van der Waals surface area contributed by atoms with E-state index < -0.39 is 0 Å². The number of aliphatic hydroxyl groups is 1. The Hall–Kier alpha value is -1.65. The molecule has 2 N–H and O–H groups in total. The Morgan fingerprint density at radius 2 is 1.86 bits per heavy atom. The van der Waals surface area contributed by atoms with Crippen LogP contribution in [0.1, 0.15) is 37.9 Å². The Bertz CT molecular complexity index is 561. The zero-order chi connectivity index (χ0) is 15.9. The maximum absolute atomic E-state index is 10.2. The predicted octanol–water partition coefficient (Wildman–Crippen LogP) is 3.07. The van der Waals surface area contributed by atoms with E-state index in [1.165, 1.54) is 5.56 Å². The first-order valence-electron chi connectivity index (χ1n) is 8.15. The molecule has 120 valence electrons. The largest absolute Gasteiger partial charge is 0.392 e. The molecule has 0 fully saturated rings. The molecule has 2 rings (SSSR count). The third-order valence-electron chi connectivity index (χ3n) is 4.28. The van der Waals surface area contributed by atoms with E-state index in [9.17, 15) is 5.11 Å². The Balaban J connectivity index is 1.93. The van der Waals surface area contributed by atoms with E-state index >= 15 is 0 Å². The van der Waals surface area contributed by atoms with E-state index in [-0.39, 0.29) is 6.10 Å². The van der Waals surface area contributed by atoms with Gasteiger partial charge >= 0.3 is 0 Å². The molecule has 0 radical (unpaired) electrons. The molecule has 0 saturated heterocycles. The minimum absolute atomic E-state index is 0.278. The average molecular weight is 301 g/mol. The number of benzene rings is 1. The second-order valence-corrected chi connectivity index (χ2v) is 5.79. The molecule has 1 unspecified atom stereocenters. The van der Waals surface area contributed by atoms with E-state index in [2.05, 4.69) is 30.5 Å². The zero-order valence-electron chi connectivity index (χ0n) is 13.8. The highest BCUT2D eigenvalue weighted by Crippen LogP contribution is 2.14. The van der Waals surface area contributed by atoms with Crippen LogP contribution in [0.15, 0.2) is 36.5 Å². The number of nitrogens with zero attached hydrogens (tertiary/aromatic N) is 2. The van der Waals surface area contributed by atoms with E-state index in [1.807, 2.05) is 41.9 Å². The van der Waals surface area contributed by atoms with Crippen molar-refractivity contribution >= 4 is 0 Å². The monoisotopic (exact) mass is 301 g/mol. The van der Waals surface area contributed by atoms with Gasteiger partial charge in [-0.3, -0.25) is 0 Å². The third kappa shape index (κ3) is 4.18. The van der Waals surface area contributed by atoms with Crippen LogP contribution in [0.5, 0.6) is 0 Å². The van der Waals surface area contributed by atoms with Crippen LogP contribution < -0.4 is 5.32 Å². The van der Waals surface area contributed by atoms with Gasteiger partial charge in [0.15, 0.2) is 0 Å². The minimum Gasteiger partial charge on any atom is -0.392 e. The first kappa shape index (κ1) is 16.7. The Labute approximate surface area is 133 Å². The van der Waals surface area contributed by atoms with Crippen LogP contribution in [0, 0.1) is 12.8 Å². The van der Waals surface area contributed by atoms with Crippen LogP contribution in [0.2, 0.25) is 0 Å². The lowest BCUT2D eigenvalue weighted by molar-refractivity contribution is 0.101. The summed E-state index contributed by atoms with van der Waals surface area (Å²) < 4.78 is 1.91. The summed E-state index contributed by atoms with van der Waals surface area (Å²) in [5.41, 5.74) is 3.25. The Kier molecular flexibility index (Phi) is 6.16. The van der Waals surface area contributed by atoms with Gasteiger partial charge in [-0.15, -0.1) is 0 Å². The zero-order valence-corrected chi connectivity index (χ0v) is 13.8. The standard InChI is InChI=1S/C18H27N3O/c1-4-15(5-2)18(22)12-19-11-16-13-21(20-14(16)3)17-9-7-6-8-10-17/h6-10,13,15,18-19,22H,4-5,11-12H2,1-3H3. The second-order valence-electron chi connectivity index (χ2n) is 5.79. The molecule has 0 spiro atoms. The lowest BCUT2D eigenvalue weighted by Crippen LogP contribution is -2.32. The second kappa shape index (κ2) is 8.11. The maximum atomic E-state index is 10.2. The molecule has 1 aromatic carbocycles. The number of hydrogen-bond acceptors (Lipinski definition) is 3. The van der Waals surface area contributed by atoms with E-state index in [0.29, 0.717) is 12.5 Å². The average Bonchev–Trinajstić information content (AvgIpc) is 2.91. The first-order valence-corrected chi connectivity index (χ1v) is 8.15. The molecular weight excluding hydrogens is 274 g/mol. The van der Waals surface area contributed by atoms with Gasteiger partial charge in [0.25, 0.3) is 0 Å². The smallest absolute Gasteiger partial charge is 0.0692 e. The van der Waals surface area contributed by atoms with Crippen molar-refractivity contribution in [2.45, 2.75) is 46.3 Å². The SMILES string of the molecule is CCC(CC)C(O)CNCc1cn(-c2ccccc2)nc1C. The predicted molar refractivity (Wildman–Crippen MR) is 90.1 cm³/mol. The lowest BCUT2D eigenvalue weighted by atomic mass is 9.96. The van der Waals surface area contributed by atoms with Gasteiger partial charge in [0.1, 0.15) is 0 Å². The molecule has 0 bridgehead atoms. The fourth-order valence-electron chi connectivity index (χ4n) is 2.74. The van der Waals surface area contributed by atoms with Crippen LogP contribution in [0.4, 0.5) is 0 Å². The number of aromatic nitrogens is 2. The molecule has 0 aliphatic rings. The van der Waals surface area contributed by atoms with Gasteiger partial charge in [0.2, 0.25) is 0 Å². The van der Waals surface area contributed by atoms with Gasteiger partial charge in [0, 0.05) is 24.8 Å². The molecule has 0 amide bonds. The van der Waals surface area contributed by atoms with Crippen LogP contribution in [0.25, 0.3) is 5.69 Å². The molecule has 22 heavy (non-hydrogen) atoms. The normalized spacial score (nSPS) is 12.8. The number of rotatable bonds is 8. The van der Waals surface area contributed by atoms with Gasteiger partial charge in [-0.25, -0.2) is 4.68 Å². The van der Waals surface area contributed by atoms with Crippen LogP contribution in [0.3, 0.4) is 0 Å². The van der Waals surface area contributed by atoms with E-state index in [0.717, 1.165) is 30.8 Å². The summed E-state index contributed by atoms with van der Waals surface area (Å²) in [7, 11) is 0. The van der Waals surface area contributed by atoms with Gasteiger partial charge in [0.05, 0.1) is 17.5 Å². The number of aryl methyl sites for hydroxylation is 1. The van der Waals surface area contributed by atoms with Crippen LogP contribution in [-0.4, -0.2) is 27.5 Å². The first-order chi connectivity index (χ1) is 10.7. The van der Waals surface area contributed by atoms with E-state index in [1.54, 1.807) is 0 Å². The number of nitrogens with one attached hydrogen (secondary N) is 1. The number of aliphatic hydroxyl groups excluding tert-OH is 1. The highest BCUT2D eigenvalue weighted by Gasteiger charge is 2.15. The van der Waals surface area contributed by atoms with Crippen LogP contribution in [-0.2, 0) is 6.54 Å². The Morgan fingerprint density at radius 1 is 1.18 bits per heavy atom. The van der Waals surface area contributed by atoms with Crippen molar-refractivity contribution in [2.75, 3.05) is 6.54 Å². The third-order valence-corrected chi connectivity index (χ3v) is 4.28. The van der Waals surface area contributed by atoms with Crippen molar-refractivity contribution in [3.8, 4) is 5.69 Å². The fraction of sp³-hybridized carbons (Fsp3) is 0.500. The van der Waals surface area contributed by atoms with Gasteiger partial charge in [-0.05, 0) is 25.0 Å². The molecule has 4 nitrogen and oxygen atoms in total. The molecule has 0 saturated carbocycles. The van der Waals surface area contributed by atoms with Crippen molar-refractivity contribution in [3.63, 3.8) is 0 Å². The highest BCUT2D eigenvalue weighted by molar-refractivity contribution is 5.32. The van der Waals surface area contributed by atoms with Gasteiger partial charge in [-0.2, -0.15) is 5.10 Å². The summed E-state index contributed by atoms with van der Waals surface area (Å²) in [5, 5.41) is 18.1. The van der Waals surface area contributed by atoms with Crippen molar-refractivity contribution in [3.05, 3.63) is 47.8 Å². The summed E-state index contributed by atoms with van der Waals surface area (Å²) in [6.07, 6.45) is 3.81. The summed E-state index contributed by atoms with van der Waals surface area (Å²) in [4.78, 5) is 0. The molecule has 4 heteroatoms. The molecule has 0 aliphatic carbocycles. The van der Waals surface area contributed by atoms with E-state index in [4.69, 9.17) is 0 Å². The topological polar surface area (TPSA) is 50.1 Å². The summed E-state index contributed by atoms with van der Waals surface area (Å²) in [6.45, 7) is 7.64. The van der Waals surface area contributed by atoms with Crippen molar-refractivity contribution in [2.24, 2.45) is 5.92 Å².